The maximum absolute atomic E-state index is 2.51. The van der Waals surface area contributed by atoms with Crippen LogP contribution in [0.2, 0.25) is 0 Å². The molecule has 3 aromatic carbocycles. The highest BCUT2D eigenvalue weighted by atomic mass is 15.0. The smallest absolute Gasteiger partial charge is 0.157 e. The van der Waals surface area contributed by atoms with Gasteiger partial charge in [-0.05, 0) is 49.4 Å². The zero-order valence-corrected chi connectivity index (χ0v) is 16.9. The van der Waals surface area contributed by atoms with E-state index < -0.39 is 0 Å². The van der Waals surface area contributed by atoms with Crippen LogP contribution < -0.4 is 4.57 Å². The minimum Gasteiger partial charge on any atom is -0.157 e. The standard InChI is InChI=1S/C28H26N/c1-21-16-18-23(19-17-21)28-20-26(22-10-4-2-5-11-22)25-14-8-9-15-27(25)29(28)24-12-6-3-7-13-24/h2-7,10-13,16-20H,8-9,14-15H2,1H3/q+1. The number of rotatable bonds is 3. The predicted octanol–water partition coefficient (Wildman–Crippen LogP) is 6.48. The van der Waals surface area contributed by atoms with Crippen molar-refractivity contribution in [2.75, 3.05) is 0 Å². The van der Waals surface area contributed by atoms with Gasteiger partial charge in [0.1, 0.15) is 0 Å². The molecule has 1 aliphatic rings. The van der Waals surface area contributed by atoms with Crippen LogP contribution in [0.5, 0.6) is 0 Å². The average Bonchev–Trinajstić information content (AvgIpc) is 2.80. The molecule has 0 bridgehead atoms. The Morgan fingerprint density at radius 1 is 0.655 bits per heavy atom. The highest BCUT2D eigenvalue weighted by molar-refractivity contribution is 5.73. The molecule has 0 radical (unpaired) electrons. The summed E-state index contributed by atoms with van der Waals surface area (Å²) in [5.41, 5.74) is 10.8. The Balaban J connectivity index is 1.85. The Morgan fingerprint density at radius 3 is 2.03 bits per heavy atom. The normalized spacial score (nSPS) is 13.1. The van der Waals surface area contributed by atoms with Crippen LogP contribution in [0, 0.1) is 6.92 Å². The van der Waals surface area contributed by atoms with E-state index in [1.165, 1.54) is 57.7 Å². The Morgan fingerprint density at radius 2 is 1.31 bits per heavy atom. The van der Waals surface area contributed by atoms with Gasteiger partial charge in [0.2, 0.25) is 11.4 Å². The van der Waals surface area contributed by atoms with Crippen molar-refractivity contribution in [3.05, 3.63) is 108 Å². The molecule has 5 rings (SSSR count). The van der Waals surface area contributed by atoms with E-state index >= 15 is 0 Å². The fourth-order valence-corrected chi connectivity index (χ4v) is 4.54. The van der Waals surface area contributed by atoms with Gasteiger partial charge in [-0.1, -0.05) is 66.2 Å². The van der Waals surface area contributed by atoms with Crippen LogP contribution in [0.25, 0.3) is 28.1 Å². The summed E-state index contributed by atoms with van der Waals surface area (Å²) < 4.78 is 2.51. The number of aromatic nitrogens is 1. The van der Waals surface area contributed by atoms with Crippen LogP contribution in [0.1, 0.15) is 29.7 Å². The molecule has 1 aliphatic carbocycles. The lowest BCUT2D eigenvalue weighted by molar-refractivity contribution is -0.593. The monoisotopic (exact) mass is 376 g/mol. The minimum absolute atomic E-state index is 1.13. The Labute approximate surface area is 173 Å². The van der Waals surface area contributed by atoms with Gasteiger partial charge in [-0.25, -0.2) is 0 Å². The van der Waals surface area contributed by atoms with Crippen molar-refractivity contribution in [1.82, 2.24) is 0 Å². The molecule has 1 aromatic heterocycles. The summed E-state index contributed by atoms with van der Waals surface area (Å²) in [4.78, 5) is 0. The molecular formula is C28H26N+. The van der Waals surface area contributed by atoms with Crippen LogP contribution in [-0.2, 0) is 12.8 Å². The molecule has 1 heterocycles. The minimum atomic E-state index is 1.13. The van der Waals surface area contributed by atoms with Crippen LogP contribution >= 0.6 is 0 Å². The Hall–Kier alpha value is -3.19. The van der Waals surface area contributed by atoms with Gasteiger partial charge in [0, 0.05) is 35.7 Å². The third-order valence-electron chi connectivity index (χ3n) is 6.00. The average molecular weight is 377 g/mol. The lowest BCUT2D eigenvalue weighted by Gasteiger charge is -2.20. The van der Waals surface area contributed by atoms with Crippen molar-refractivity contribution in [1.29, 1.82) is 0 Å². The Bertz CT molecular complexity index is 1130. The number of benzene rings is 3. The van der Waals surface area contributed by atoms with E-state index in [1.54, 1.807) is 0 Å². The van der Waals surface area contributed by atoms with E-state index in [9.17, 15) is 0 Å². The molecule has 0 N–H and O–H groups in total. The summed E-state index contributed by atoms with van der Waals surface area (Å²) in [6.07, 6.45) is 4.81. The first-order valence-electron chi connectivity index (χ1n) is 10.6. The topological polar surface area (TPSA) is 3.88 Å². The summed E-state index contributed by atoms with van der Waals surface area (Å²) in [5.74, 6) is 0. The Kier molecular flexibility index (Phi) is 4.73. The fourth-order valence-electron chi connectivity index (χ4n) is 4.54. The van der Waals surface area contributed by atoms with Crippen LogP contribution in [0.15, 0.2) is 91.0 Å². The molecule has 0 spiro atoms. The zero-order valence-electron chi connectivity index (χ0n) is 16.9. The molecule has 0 amide bonds. The highest BCUT2D eigenvalue weighted by Crippen LogP contribution is 2.34. The van der Waals surface area contributed by atoms with E-state index in [4.69, 9.17) is 0 Å². The van der Waals surface area contributed by atoms with E-state index in [0.29, 0.717) is 0 Å². The van der Waals surface area contributed by atoms with Gasteiger partial charge in [-0.15, -0.1) is 0 Å². The number of hydrogen-bond acceptors (Lipinski definition) is 0. The van der Waals surface area contributed by atoms with Gasteiger partial charge in [0.15, 0.2) is 5.69 Å². The summed E-state index contributed by atoms with van der Waals surface area (Å²) in [7, 11) is 0. The van der Waals surface area contributed by atoms with Gasteiger partial charge >= 0.3 is 0 Å². The van der Waals surface area contributed by atoms with Crippen molar-refractivity contribution >= 4 is 0 Å². The highest BCUT2D eigenvalue weighted by Gasteiger charge is 2.29. The molecule has 1 heteroatoms. The molecular weight excluding hydrogens is 350 g/mol. The molecule has 0 saturated carbocycles. The van der Waals surface area contributed by atoms with Gasteiger partial charge in [-0.2, -0.15) is 4.57 Å². The molecule has 0 atom stereocenters. The van der Waals surface area contributed by atoms with E-state index in [2.05, 4.69) is 102 Å². The molecule has 1 nitrogen and oxygen atoms in total. The third kappa shape index (κ3) is 3.38. The van der Waals surface area contributed by atoms with Gasteiger partial charge in [0.05, 0.1) is 0 Å². The zero-order chi connectivity index (χ0) is 19.6. The molecule has 29 heavy (non-hydrogen) atoms. The molecule has 0 saturated heterocycles. The van der Waals surface area contributed by atoms with Crippen molar-refractivity contribution in [3.8, 4) is 28.1 Å². The number of hydrogen-bond donors (Lipinski definition) is 0. The predicted molar refractivity (Wildman–Crippen MR) is 120 cm³/mol. The first-order chi connectivity index (χ1) is 14.3. The number of pyridine rings is 1. The third-order valence-corrected chi connectivity index (χ3v) is 6.00. The molecule has 0 aliphatic heterocycles. The van der Waals surface area contributed by atoms with Crippen LogP contribution in [-0.4, -0.2) is 0 Å². The molecule has 0 fully saturated rings. The molecule has 0 unspecified atom stereocenters. The summed E-state index contributed by atoms with van der Waals surface area (Å²) in [6, 6.07) is 33.1. The van der Waals surface area contributed by atoms with Gasteiger partial charge in [0.25, 0.3) is 0 Å². The summed E-state index contributed by atoms with van der Waals surface area (Å²) >= 11 is 0. The second-order valence-corrected chi connectivity index (χ2v) is 7.98. The van der Waals surface area contributed by atoms with Gasteiger partial charge < -0.3 is 0 Å². The first-order valence-corrected chi connectivity index (χ1v) is 10.6. The largest absolute Gasteiger partial charge is 0.219 e. The van der Waals surface area contributed by atoms with E-state index in [-0.39, 0.29) is 0 Å². The quantitative estimate of drug-likeness (QED) is 0.360. The fraction of sp³-hybridized carbons (Fsp3) is 0.179. The SMILES string of the molecule is Cc1ccc(-c2cc(-c3ccccc3)c3c([n+]2-c2ccccc2)CCCC3)cc1. The van der Waals surface area contributed by atoms with Crippen LogP contribution in [0.3, 0.4) is 0 Å². The van der Waals surface area contributed by atoms with Crippen molar-refractivity contribution < 1.29 is 4.57 Å². The summed E-state index contributed by atoms with van der Waals surface area (Å²) in [6.45, 7) is 2.15. The van der Waals surface area contributed by atoms with Gasteiger partial charge in [-0.3, -0.25) is 0 Å². The van der Waals surface area contributed by atoms with Crippen molar-refractivity contribution in [2.45, 2.75) is 32.6 Å². The summed E-state index contributed by atoms with van der Waals surface area (Å²) in [5, 5.41) is 0. The lowest BCUT2D eigenvalue weighted by atomic mass is 9.87. The van der Waals surface area contributed by atoms with Crippen molar-refractivity contribution in [2.24, 2.45) is 0 Å². The van der Waals surface area contributed by atoms with E-state index in [1.807, 2.05) is 0 Å². The number of fused-ring (bicyclic) bond motifs is 1. The second kappa shape index (κ2) is 7.67. The number of nitrogens with zero attached hydrogens (tertiary/aromatic N) is 1. The lowest BCUT2D eigenvalue weighted by Crippen LogP contribution is -2.41. The maximum Gasteiger partial charge on any atom is 0.219 e. The number of aryl methyl sites for hydroxylation is 1. The van der Waals surface area contributed by atoms with E-state index in [0.717, 1.165) is 12.8 Å². The second-order valence-electron chi connectivity index (χ2n) is 7.98. The van der Waals surface area contributed by atoms with Crippen LogP contribution in [0.4, 0.5) is 0 Å². The number of para-hydroxylation sites is 1. The molecule has 142 valence electrons. The molecule has 4 aromatic rings. The maximum atomic E-state index is 2.51. The van der Waals surface area contributed by atoms with Crippen molar-refractivity contribution in [3.63, 3.8) is 0 Å². The first kappa shape index (κ1) is 17.9.